The zero-order valence-electron chi connectivity index (χ0n) is 16.9. The first-order chi connectivity index (χ1) is 12.7. The molecule has 4 nitrogen and oxygen atoms in total. The van der Waals surface area contributed by atoms with E-state index in [-0.39, 0.29) is 11.5 Å². The highest BCUT2D eigenvalue weighted by Gasteiger charge is 2.41. The van der Waals surface area contributed by atoms with Crippen molar-refractivity contribution >= 4 is 6.09 Å². The number of rotatable bonds is 5. The highest BCUT2D eigenvalue weighted by atomic mass is 16.6. The van der Waals surface area contributed by atoms with Crippen molar-refractivity contribution in [3.63, 3.8) is 0 Å². The van der Waals surface area contributed by atoms with Crippen LogP contribution in [0.15, 0.2) is 30.3 Å². The molecule has 2 aromatic carbocycles. The monoisotopic (exact) mass is 367 g/mol. The van der Waals surface area contributed by atoms with Gasteiger partial charge in [0.15, 0.2) is 0 Å². The molecule has 0 fully saturated rings. The van der Waals surface area contributed by atoms with Crippen LogP contribution in [0.25, 0.3) is 11.1 Å². The van der Waals surface area contributed by atoms with E-state index >= 15 is 0 Å². The summed E-state index contributed by atoms with van der Waals surface area (Å²) >= 11 is 0. The van der Waals surface area contributed by atoms with Crippen LogP contribution in [-0.4, -0.2) is 12.7 Å². The molecule has 3 rings (SSSR count). The number of hydrogen-bond donors (Lipinski definition) is 1. The van der Waals surface area contributed by atoms with Gasteiger partial charge in [-0.3, -0.25) is 0 Å². The van der Waals surface area contributed by atoms with E-state index in [4.69, 9.17) is 15.2 Å². The molecule has 27 heavy (non-hydrogen) atoms. The Balaban J connectivity index is 1.96. The third-order valence-electron chi connectivity index (χ3n) is 5.26. The summed E-state index contributed by atoms with van der Waals surface area (Å²) in [5.41, 5.74) is 12.0. The van der Waals surface area contributed by atoms with Crippen molar-refractivity contribution in [2.75, 3.05) is 6.61 Å². The van der Waals surface area contributed by atoms with Gasteiger partial charge in [-0.25, -0.2) is 4.79 Å². The Kier molecular flexibility index (Phi) is 5.18. The summed E-state index contributed by atoms with van der Waals surface area (Å²) in [6, 6.07) is 10.7. The number of fused-ring (bicyclic) bond motifs is 1. The Bertz CT molecular complexity index is 847. The van der Waals surface area contributed by atoms with Gasteiger partial charge >= 0.3 is 6.09 Å². The van der Waals surface area contributed by atoms with Crippen molar-refractivity contribution in [3.05, 3.63) is 52.6 Å². The maximum Gasteiger partial charge on any atom is 0.405 e. The molecule has 0 aromatic heterocycles. The van der Waals surface area contributed by atoms with Crippen molar-refractivity contribution in [2.24, 2.45) is 11.1 Å². The molecule has 1 atom stereocenters. The highest BCUT2D eigenvalue weighted by molar-refractivity contribution is 5.70. The van der Waals surface area contributed by atoms with Crippen LogP contribution < -0.4 is 10.5 Å². The van der Waals surface area contributed by atoms with Crippen molar-refractivity contribution in [1.29, 1.82) is 0 Å². The van der Waals surface area contributed by atoms with E-state index in [1.165, 1.54) is 11.1 Å². The van der Waals surface area contributed by atoms with Crippen LogP contribution in [0.2, 0.25) is 0 Å². The van der Waals surface area contributed by atoms with Gasteiger partial charge in [0.05, 0.1) is 6.61 Å². The minimum atomic E-state index is -0.723. The van der Waals surface area contributed by atoms with E-state index in [1.54, 1.807) is 0 Å². The van der Waals surface area contributed by atoms with Crippen LogP contribution in [0.5, 0.6) is 5.75 Å². The molecular weight excluding hydrogens is 338 g/mol. The second-order valence-electron chi connectivity index (χ2n) is 8.18. The Hall–Kier alpha value is -2.49. The second-order valence-corrected chi connectivity index (χ2v) is 8.18. The van der Waals surface area contributed by atoms with Crippen LogP contribution in [0, 0.1) is 19.3 Å². The lowest BCUT2D eigenvalue weighted by molar-refractivity contribution is 0.0392. The lowest BCUT2D eigenvalue weighted by Crippen LogP contribution is -2.25. The van der Waals surface area contributed by atoms with E-state index in [1.807, 2.05) is 0 Å². The lowest BCUT2D eigenvalue weighted by Gasteiger charge is -2.26. The highest BCUT2D eigenvalue weighted by Crippen LogP contribution is 2.48. The van der Waals surface area contributed by atoms with E-state index in [9.17, 15) is 4.79 Å². The second kappa shape index (κ2) is 7.26. The number of aryl methyl sites for hydroxylation is 2. The van der Waals surface area contributed by atoms with Gasteiger partial charge in [0, 0.05) is 5.41 Å². The normalized spacial score (nSPS) is 17.4. The van der Waals surface area contributed by atoms with Gasteiger partial charge in [-0.05, 0) is 72.2 Å². The van der Waals surface area contributed by atoms with Gasteiger partial charge in [0.25, 0.3) is 0 Å². The summed E-state index contributed by atoms with van der Waals surface area (Å²) in [5, 5.41) is 0. The zero-order chi connectivity index (χ0) is 19.8. The van der Waals surface area contributed by atoms with Crippen molar-refractivity contribution in [1.82, 2.24) is 0 Å². The Morgan fingerprint density at radius 3 is 2.41 bits per heavy atom. The number of primary amides is 1. The fourth-order valence-electron chi connectivity index (χ4n) is 4.09. The predicted molar refractivity (Wildman–Crippen MR) is 108 cm³/mol. The Morgan fingerprint density at radius 1 is 1.15 bits per heavy atom. The molecule has 4 heteroatoms. The topological polar surface area (TPSA) is 61.6 Å². The molecule has 1 unspecified atom stereocenters. The number of hydrogen-bond acceptors (Lipinski definition) is 3. The number of carbonyl (C=O) groups is 1. The largest absolute Gasteiger partial charge is 0.493 e. The summed E-state index contributed by atoms with van der Waals surface area (Å²) in [5.74, 6) is 0.984. The van der Waals surface area contributed by atoms with Crippen LogP contribution in [0.3, 0.4) is 0 Å². The van der Waals surface area contributed by atoms with Crippen molar-refractivity contribution in [3.8, 4) is 16.9 Å². The molecule has 1 aliphatic carbocycles. The van der Waals surface area contributed by atoms with Crippen molar-refractivity contribution in [2.45, 2.75) is 53.6 Å². The number of carbonyl (C=O) groups excluding carboxylic acids is 1. The smallest absolute Gasteiger partial charge is 0.405 e. The number of amides is 1. The molecule has 1 amide bonds. The van der Waals surface area contributed by atoms with E-state index < -0.39 is 6.09 Å². The predicted octanol–water partition coefficient (Wildman–Crippen LogP) is 5.48. The Labute approximate surface area is 161 Å². The average Bonchev–Trinajstić information content (AvgIpc) is 2.83. The number of benzene rings is 2. The van der Waals surface area contributed by atoms with Crippen molar-refractivity contribution < 1.29 is 14.3 Å². The first kappa shape index (κ1) is 19.3. The summed E-state index contributed by atoms with van der Waals surface area (Å²) in [6.45, 7) is 11.2. The van der Waals surface area contributed by atoms with Gasteiger partial charge in [0.2, 0.25) is 0 Å². The van der Waals surface area contributed by atoms with E-state index in [0.717, 1.165) is 47.5 Å². The van der Waals surface area contributed by atoms with E-state index in [2.05, 4.69) is 65.0 Å². The van der Waals surface area contributed by atoms with Gasteiger partial charge < -0.3 is 15.2 Å². The molecule has 0 radical (unpaired) electrons. The van der Waals surface area contributed by atoms with Crippen LogP contribution in [-0.2, 0) is 11.2 Å². The first-order valence-electron chi connectivity index (χ1n) is 9.56. The first-order valence-corrected chi connectivity index (χ1v) is 9.56. The van der Waals surface area contributed by atoms with Gasteiger partial charge in [0.1, 0.15) is 11.9 Å². The molecule has 0 aliphatic heterocycles. The molecule has 0 bridgehead atoms. The summed E-state index contributed by atoms with van der Waals surface area (Å²) in [7, 11) is 0. The van der Waals surface area contributed by atoms with Gasteiger partial charge in [-0.1, -0.05) is 39.0 Å². The molecule has 1 aliphatic rings. The molecule has 0 spiro atoms. The standard InChI is InChI=1S/C23H29NO3/c1-6-9-26-20-14(2)10-17(11-15(20)3)16-7-8-19-18(12-16)13-23(4,5)21(19)27-22(24)25/h7-8,10-12,21H,6,9,13H2,1-5H3,(H2,24,25). The number of ether oxygens (including phenoxy) is 2. The molecule has 0 saturated heterocycles. The third-order valence-corrected chi connectivity index (χ3v) is 5.26. The zero-order valence-corrected chi connectivity index (χ0v) is 16.9. The third kappa shape index (κ3) is 3.80. The SMILES string of the molecule is CCCOc1c(C)cc(-c2ccc3c(c2)CC(C)(C)C3OC(N)=O)cc1C. The molecular formula is C23H29NO3. The molecule has 0 heterocycles. The Morgan fingerprint density at radius 2 is 1.81 bits per heavy atom. The maximum atomic E-state index is 11.3. The van der Waals surface area contributed by atoms with Crippen LogP contribution >= 0.6 is 0 Å². The summed E-state index contributed by atoms with van der Waals surface area (Å²) in [4.78, 5) is 11.3. The van der Waals surface area contributed by atoms with Gasteiger partial charge in [-0.2, -0.15) is 0 Å². The number of nitrogens with two attached hydrogens (primary N) is 1. The maximum absolute atomic E-state index is 11.3. The van der Waals surface area contributed by atoms with E-state index in [0.29, 0.717) is 0 Å². The molecule has 2 aromatic rings. The molecule has 0 saturated carbocycles. The fourth-order valence-corrected chi connectivity index (χ4v) is 4.09. The lowest BCUT2D eigenvalue weighted by atomic mass is 9.87. The minimum absolute atomic E-state index is 0.167. The summed E-state index contributed by atoms with van der Waals surface area (Å²) < 4.78 is 11.3. The van der Waals surface area contributed by atoms with Crippen LogP contribution in [0.1, 0.15) is 55.5 Å². The average molecular weight is 367 g/mol. The minimum Gasteiger partial charge on any atom is -0.493 e. The quantitative estimate of drug-likeness (QED) is 0.761. The summed E-state index contributed by atoms with van der Waals surface area (Å²) in [6.07, 6.45) is 0.825. The van der Waals surface area contributed by atoms with Crippen LogP contribution in [0.4, 0.5) is 4.79 Å². The molecule has 2 N–H and O–H groups in total. The van der Waals surface area contributed by atoms with Gasteiger partial charge in [-0.15, -0.1) is 0 Å². The molecule has 144 valence electrons. The fraction of sp³-hybridized carbons (Fsp3) is 0.435.